The number of nitrogens with one attached hydrogen (secondary N) is 1. The van der Waals surface area contributed by atoms with Crippen molar-refractivity contribution in [3.63, 3.8) is 0 Å². The van der Waals surface area contributed by atoms with Gasteiger partial charge in [0.15, 0.2) is 0 Å². The van der Waals surface area contributed by atoms with Gasteiger partial charge in [0.25, 0.3) is 0 Å². The fourth-order valence-corrected chi connectivity index (χ4v) is 2.37. The van der Waals surface area contributed by atoms with Crippen molar-refractivity contribution in [2.24, 2.45) is 0 Å². The molecule has 0 unspecified atom stereocenters. The Bertz CT molecular complexity index is 473. The molecule has 0 fully saturated rings. The Labute approximate surface area is 93.4 Å². The van der Waals surface area contributed by atoms with Crippen LogP contribution in [0.5, 0.6) is 0 Å². The Kier molecular flexibility index (Phi) is 3.61. The van der Waals surface area contributed by atoms with E-state index in [1.54, 1.807) is 0 Å². The number of halogens is 1. The highest BCUT2D eigenvalue weighted by atomic mass is 32.2. The van der Waals surface area contributed by atoms with Gasteiger partial charge in [-0.1, -0.05) is 0 Å². The van der Waals surface area contributed by atoms with Crippen LogP contribution in [0.1, 0.15) is 13.8 Å². The van der Waals surface area contributed by atoms with Crippen molar-refractivity contribution in [1.29, 1.82) is 0 Å². The third-order valence-corrected chi connectivity index (χ3v) is 3.46. The Balaban J connectivity index is 3.04. The van der Waals surface area contributed by atoms with Crippen LogP contribution in [0, 0.1) is 5.82 Å². The van der Waals surface area contributed by atoms with Gasteiger partial charge >= 0.3 is 0 Å². The normalized spacial score (nSPS) is 12.8. The molecule has 0 saturated heterocycles. The molecular weight excluding hydrogens is 235 g/mol. The molecule has 0 bridgehead atoms. The number of aliphatic hydroxyl groups is 1. The van der Waals surface area contributed by atoms with Gasteiger partial charge in [0.1, 0.15) is 10.7 Å². The third kappa shape index (κ3) is 3.22. The maximum atomic E-state index is 12.8. The number of aromatic nitrogens is 1. The van der Waals surface area contributed by atoms with Crippen molar-refractivity contribution in [3.8, 4) is 0 Å². The number of nitrogens with zero attached hydrogens (tertiary/aromatic N) is 1. The first kappa shape index (κ1) is 13.0. The quantitative estimate of drug-likeness (QED) is 0.801. The number of rotatable bonds is 4. The van der Waals surface area contributed by atoms with E-state index >= 15 is 0 Å². The molecule has 0 aliphatic heterocycles. The van der Waals surface area contributed by atoms with E-state index in [-0.39, 0.29) is 11.5 Å². The molecule has 0 radical (unpaired) electrons. The molecule has 0 atom stereocenters. The van der Waals surface area contributed by atoms with Crippen LogP contribution in [0.15, 0.2) is 23.4 Å². The molecule has 2 N–H and O–H groups in total. The predicted molar refractivity (Wildman–Crippen MR) is 55.7 cm³/mol. The molecule has 1 heterocycles. The summed E-state index contributed by atoms with van der Waals surface area (Å²) in [6.07, 6.45) is 1.95. The largest absolute Gasteiger partial charge is 0.394 e. The molecule has 16 heavy (non-hydrogen) atoms. The second-order valence-corrected chi connectivity index (χ2v) is 5.67. The summed E-state index contributed by atoms with van der Waals surface area (Å²) < 4.78 is 38.5. The lowest BCUT2D eigenvalue weighted by atomic mass is 10.1. The van der Waals surface area contributed by atoms with E-state index in [2.05, 4.69) is 9.71 Å². The van der Waals surface area contributed by atoms with Crippen LogP contribution in [-0.2, 0) is 10.0 Å². The van der Waals surface area contributed by atoms with E-state index in [4.69, 9.17) is 5.11 Å². The Morgan fingerprint density at radius 1 is 1.50 bits per heavy atom. The van der Waals surface area contributed by atoms with Crippen LogP contribution in [0.2, 0.25) is 0 Å². The molecule has 7 heteroatoms. The second-order valence-electron chi connectivity index (χ2n) is 3.99. The first-order chi connectivity index (χ1) is 7.27. The fourth-order valence-electron chi connectivity index (χ4n) is 0.994. The highest BCUT2D eigenvalue weighted by molar-refractivity contribution is 7.89. The Morgan fingerprint density at radius 3 is 2.62 bits per heavy atom. The zero-order valence-corrected chi connectivity index (χ0v) is 9.75. The molecule has 0 spiro atoms. The van der Waals surface area contributed by atoms with E-state index in [0.717, 1.165) is 18.5 Å². The summed E-state index contributed by atoms with van der Waals surface area (Å²) in [6.45, 7) is 2.66. The molecular formula is C9H13FN2O3S. The van der Waals surface area contributed by atoms with E-state index in [9.17, 15) is 12.8 Å². The van der Waals surface area contributed by atoms with E-state index < -0.39 is 21.4 Å². The zero-order chi connectivity index (χ0) is 12.4. The monoisotopic (exact) mass is 248 g/mol. The minimum Gasteiger partial charge on any atom is -0.394 e. The van der Waals surface area contributed by atoms with Crippen molar-refractivity contribution >= 4 is 10.0 Å². The Morgan fingerprint density at radius 2 is 2.12 bits per heavy atom. The summed E-state index contributed by atoms with van der Waals surface area (Å²) in [4.78, 5) is 3.18. The van der Waals surface area contributed by atoms with E-state index in [1.165, 1.54) is 13.8 Å². The summed E-state index contributed by atoms with van der Waals surface area (Å²) in [5.41, 5.74) is -1.01. The van der Waals surface area contributed by atoms with Crippen molar-refractivity contribution in [2.45, 2.75) is 24.3 Å². The fraction of sp³-hybridized carbons (Fsp3) is 0.444. The Hall–Kier alpha value is -1.05. The number of hydrogen-bond acceptors (Lipinski definition) is 4. The highest BCUT2D eigenvalue weighted by Gasteiger charge is 2.25. The van der Waals surface area contributed by atoms with Crippen molar-refractivity contribution < 1.29 is 17.9 Å². The smallest absolute Gasteiger partial charge is 0.242 e. The summed E-state index contributed by atoms with van der Waals surface area (Å²) in [6, 6.07) is 0.864. The number of pyridine rings is 1. The summed E-state index contributed by atoms with van der Waals surface area (Å²) >= 11 is 0. The van der Waals surface area contributed by atoms with Gasteiger partial charge in [-0.25, -0.2) is 17.5 Å². The second kappa shape index (κ2) is 4.44. The average Bonchev–Trinajstić information content (AvgIpc) is 2.16. The molecule has 0 amide bonds. The maximum absolute atomic E-state index is 12.8. The van der Waals surface area contributed by atoms with Crippen molar-refractivity contribution in [1.82, 2.24) is 9.71 Å². The number of sulfonamides is 1. The molecule has 0 aliphatic rings. The van der Waals surface area contributed by atoms with Crippen LogP contribution in [0.25, 0.3) is 0 Å². The standard InChI is InChI=1S/C9H13FN2O3S/c1-9(2,6-13)12-16(14,15)8-3-7(10)4-11-5-8/h3-5,12-13H,6H2,1-2H3. The minimum absolute atomic E-state index is 0.269. The first-order valence-electron chi connectivity index (χ1n) is 4.52. The highest BCUT2D eigenvalue weighted by Crippen LogP contribution is 2.12. The lowest BCUT2D eigenvalue weighted by molar-refractivity contribution is 0.208. The van der Waals surface area contributed by atoms with Gasteiger partial charge in [0.2, 0.25) is 10.0 Å². The average molecular weight is 248 g/mol. The molecule has 0 aliphatic carbocycles. The number of hydrogen-bond donors (Lipinski definition) is 2. The van der Waals surface area contributed by atoms with Crippen molar-refractivity contribution in [2.75, 3.05) is 6.61 Å². The molecule has 90 valence electrons. The lowest BCUT2D eigenvalue weighted by Gasteiger charge is -2.22. The SMILES string of the molecule is CC(C)(CO)NS(=O)(=O)c1cncc(F)c1. The first-order valence-corrected chi connectivity index (χ1v) is 6.00. The van der Waals surface area contributed by atoms with Gasteiger partial charge in [-0.05, 0) is 19.9 Å². The van der Waals surface area contributed by atoms with E-state index in [0.29, 0.717) is 0 Å². The minimum atomic E-state index is -3.87. The van der Waals surface area contributed by atoms with Gasteiger partial charge in [0, 0.05) is 6.20 Å². The summed E-state index contributed by atoms with van der Waals surface area (Å²) in [5.74, 6) is -0.732. The van der Waals surface area contributed by atoms with Gasteiger partial charge < -0.3 is 5.11 Å². The maximum Gasteiger partial charge on any atom is 0.242 e. The molecule has 1 aromatic heterocycles. The summed E-state index contributed by atoms with van der Waals surface area (Å²) in [7, 11) is -3.87. The predicted octanol–water partition coefficient (Wildman–Crippen LogP) is 0.270. The van der Waals surface area contributed by atoms with Crippen LogP contribution in [0.3, 0.4) is 0 Å². The third-order valence-electron chi connectivity index (χ3n) is 1.80. The summed E-state index contributed by atoms with van der Waals surface area (Å²) in [5, 5.41) is 8.94. The van der Waals surface area contributed by atoms with Crippen LogP contribution >= 0.6 is 0 Å². The van der Waals surface area contributed by atoms with Gasteiger partial charge in [-0.3, -0.25) is 4.98 Å². The van der Waals surface area contributed by atoms with Crippen LogP contribution in [-0.4, -0.2) is 30.7 Å². The molecule has 1 aromatic rings. The van der Waals surface area contributed by atoms with E-state index in [1.807, 2.05) is 0 Å². The van der Waals surface area contributed by atoms with Crippen LogP contribution in [0.4, 0.5) is 4.39 Å². The van der Waals surface area contributed by atoms with Crippen LogP contribution < -0.4 is 4.72 Å². The molecule has 0 aromatic carbocycles. The molecule has 1 rings (SSSR count). The molecule has 0 saturated carbocycles. The van der Waals surface area contributed by atoms with Gasteiger partial charge in [-0.15, -0.1) is 0 Å². The molecule has 5 nitrogen and oxygen atoms in total. The zero-order valence-electron chi connectivity index (χ0n) is 8.94. The van der Waals surface area contributed by atoms with Gasteiger partial charge in [-0.2, -0.15) is 0 Å². The topological polar surface area (TPSA) is 79.3 Å². The number of aliphatic hydroxyl groups excluding tert-OH is 1. The van der Waals surface area contributed by atoms with Gasteiger partial charge in [0.05, 0.1) is 18.3 Å². The van der Waals surface area contributed by atoms with Crippen molar-refractivity contribution in [3.05, 3.63) is 24.3 Å². The lowest BCUT2D eigenvalue weighted by Crippen LogP contribution is -2.46.